The maximum atomic E-state index is 12.8. The molecular formula is C18H26N4O2. The van der Waals surface area contributed by atoms with Gasteiger partial charge >= 0.3 is 0 Å². The molecule has 0 bridgehead atoms. The summed E-state index contributed by atoms with van der Waals surface area (Å²) < 4.78 is 0. The normalized spacial score (nSPS) is 22.7. The van der Waals surface area contributed by atoms with Crippen molar-refractivity contribution in [2.45, 2.75) is 51.5 Å². The molecule has 0 aromatic carbocycles. The van der Waals surface area contributed by atoms with Gasteiger partial charge in [0.1, 0.15) is 0 Å². The molecule has 1 aromatic heterocycles. The van der Waals surface area contributed by atoms with Crippen LogP contribution in [-0.2, 0) is 22.6 Å². The second-order valence-electron chi connectivity index (χ2n) is 7.46. The van der Waals surface area contributed by atoms with Gasteiger partial charge in [0.15, 0.2) is 0 Å². The number of amides is 2. The van der Waals surface area contributed by atoms with E-state index >= 15 is 0 Å². The molecule has 0 unspecified atom stereocenters. The highest BCUT2D eigenvalue weighted by Gasteiger charge is 2.34. The van der Waals surface area contributed by atoms with Gasteiger partial charge in [-0.1, -0.05) is 12.8 Å². The van der Waals surface area contributed by atoms with E-state index in [0.717, 1.165) is 63.0 Å². The molecule has 2 aliphatic heterocycles. The number of fused-ring (bicyclic) bond motifs is 1. The summed E-state index contributed by atoms with van der Waals surface area (Å²) in [5.74, 6) is 0.916. The Labute approximate surface area is 142 Å². The highest BCUT2D eigenvalue weighted by Crippen LogP contribution is 2.29. The predicted molar refractivity (Wildman–Crippen MR) is 89.0 cm³/mol. The summed E-state index contributed by atoms with van der Waals surface area (Å²) in [5.41, 5.74) is 2.31. The fourth-order valence-electron chi connectivity index (χ4n) is 4.45. The maximum absolute atomic E-state index is 12.8. The monoisotopic (exact) mass is 330 g/mol. The van der Waals surface area contributed by atoms with E-state index in [1.54, 1.807) is 0 Å². The molecule has 1 aliphatic carbocycles. The van der Waals surface area contributed by atoms with Gasteiger partial charge in [-0.05, 0) is 25.7 Å². The summed E-state index contributed by atoms with van der Waals surface area (Å²) in [5, 5.41) is 7.08. The number of aromatic amines is 1. The molecule has 1 N–H and O–H groups in total. The number of hydrogen-bond donors (Lipinski definition) is 1. The number of aromatic nitrogens is 2. The Morgan fingerprint density at radius 1 is 0.958 bits per heavy atom. The van der Waals surface area contributed by atoms with E-state index in [9.17, 15) is 9.59 Å². The molecular weight excluding hydrogens is 304 g/mol. The van der Waals surface area contributed by atoms with Crippen LogP contribution in [0.3, 0.4) is 0 Å². The molecule has 1 saturated carbocycles. The summed E-state index contributed by atoms with van der Waals surface area (Å²) in [6, 6.07) is 0. The highest BCUT2D eigenvalue weighted by atomic mass is 16.2. The Morgan fingerprint density at radius 3 is 2.38 bits per heavy atom. The van der Waals surface area contributed by atoms with Crippen molar-refractivity contribution in [3.63, 3.8) is 0 Å². The summed E-state index contributed by atoms with van der Waals surface area (Å²) in [6.45, 7) is 2.94. The molecule has 1 saturated heterocycles. The van der Waals surface area contributed by atoms with Gasteiger partial charge in [-0.15, -0.1) is 0 Å². The van der Waals surface area contributed by atoms with Crippen molar-refractivity contribution in [1.29, 1.82) is 0 Å². The van der Waals surface area contributed by atoms with Crippen molar-refractivity contribution in [2.24, 2.45) is 11.8 Å². The molecule has 3 aliphatic rings. The fourth-order valence-corrected chi connectivity index (χ4v) is 4.45. The number of carbonyl (C=O) groups is 2. The smallest absolute Gasteiger partial charge is 0.226 e. The Hall–Kier alpha value is -1.85. The minimum Gasteiger partial charge on any atom is -0.342 e. The maximum Gasteiger partial charge on any atom is 0.226 e. The molecule has 0 spiro atoms. The van der Waals surface area contributed by atoms with Gasteiger partial charge in [0.25, 0.3) is 0 Å². The lowest BCUT2D eigenvalue weighted by atomic mass is 9.93. The highest BCUT2D eigenvalue weighted by molar-refractivity contribution is 5.81. The first kappa shape index (κ1) is 15.7. The van der Waals surface area contributed by atoms with Crippen LogP contribution in [0.1, 0.15) is 49.8 Å². The van der Waals surface area contributed by atoms with E-state index in [-0.39, 0.29) is 17.7 Å². The van der Waals surface area contributed by atoms with Crippen molar-refractivity contribution in [1.82, 2.24) is 20.0 Å². The molecule has 2 amide bonds. The first-order valence-corrected chi connectivity index (χ1v) is 9.31. The van der Waals surface area contributed by atoms with E-state index in [0.29, 0.717) is 12.5 Å². The lowest BCUT2D eigenvalue weighted by molar-refractivity contribution is -0.143. The van der Waals surface area contributed by atoms with Crippen LogP contribution in [0.4, 0.5) is 0 Å². The van der Waals surface area contributed by atoms with Gasteiger partial charge in [0, 0.05) is 55.7 Å². The van der Waals surface area contributed by atoms with Crippen molar-refractivity contribution in [3.8, 4) is 0 Å². The van der Waals surface area contributed by atoms with Gasteiger partial charge in [-0.3, -0.25) is 14.7 Å². The summed E-state index contributed by atoms with van der Waals surface area (Å²) >= 11 is 0. The molecule has 6 nitrogen and oxygen atoms in total. The molecule has 4 rings (SSSR count). The van der Waals surface area contributed by atoms with Crippen LogP contribution in [0.25, 0.3) is 0 Å². The van der Waals surface area contributed by atoms with Crippen molar-refractivity contribution in [3.05, 3.63) is 17.5 Å². The number of piperidine rings is 1. The Bertz CT molecular complexity index is 612. The van der Waals surface area contributed by atoms with Crippen LogP contribution in [-0.4, -0.2) is 51.4 Å². The van der Waals surface area contributed by atoms with Gasteiger partial charge in [-0.2, -0.15) is 5.10 Å². The van der Waals surface area contributed by atoms with Crippen molar-refractivity contribution in [2.75, 3.05) is 19.6 Å². The zero-order valence-electron chi connectivity index (χ0n) is 14.2. The van der Waals surface area contributed by atoms with Gasteiger partial charge in [0.2, 0.25) is 11.8 Å². The SMILES string of the molecule is O=C(C1CCCC1)N1CCC(C(=O)N2CCc3[nH]ncc3C2)CC1. The first-order valence-electron chi connectivity index (χ1n) is 9.31. The second kappa shape index (κ2) is 6.57. The largest absolute Gasteiger partial charge is 0.342 e. The minimum absolute atomic E-state index is 0.0751. The molecule has 2 fully saturated rings. The van der Waals surface area contributed by atoms with E-state index in [1.807, 2.05) is 16.0 Å². The first-order chi connectivity index (χ1) is 11.7. The lowest BCUT2D eigenvalue weighted by Gasteiger charge is -2.36. The standard InChI is InChI=1S/C18H26N4O2/c23-17(13-3-1-2-4-13)21-8-5-14(6-9-21)18(24)22-10-7-16-15(12-22)11-19-20-16/h11,13-14H,1-10,12H2,(H,19,20). The number of likely N-dealkylation sites (tertiary alicyclic amines) is 1. The van der Waals surface area contributed by atoms with Crippen LogP contribution < -0.4 is 0 Å². The van der Waals surface area contributed by atoms with Crippen LogP contribution >= 0.6 is 0 Å². The van der Waals surface area contributed by atoms with Crippen LogP contribution in [0.5, 0.6) is 0 Å². The average Bonchev–Trinajstić information content (AvgIpc) is 3.31. The Balaban J connectivity index is 1.31. The number of nitrogens with zero attached hydrogens (tertiary/aromatic N) is 3. The van der Waals surface area contributed by atoms with Gasteiger partial charge in [0.05, 0.1) is 6.20 Å². The summed E-state index contributed by atoms with van der Waals surface area (Å²) in [4.78, 5) is 29.3. The van der Waals surface area contributed by atoms with E-state index < -0.39 is 0 Å². The zero-order chi connectivity index (χ0) is 16.5. The molecule has 1 aromatic rings. The second-order valence-corrected chi connectivity index (χ2v) is 7.46. The van der Waals surface area contributed by atoms with Gasteiger partial charge in [-0.25, -0.2) is 0 Å². The van der Waals surface area contributed by atoms with Gasteiger partial charge < -0.3 is 9.80 Å². The Morgan fingerprint density at radius 2 is 1.62 bits per heavy atom. The minimum atomic E-state index is 0.0751. The lowest BCUT2D eigenvalue weighted by Crippen LogP contribution is -2.46. The third-order valence-electron chi connectivity index (χ3n) is 5.97. The van der Waals surface area contributed by atoms with Crippen molar-refractivity contribution < 1.29 is 9.59 Å². The molecule has 0 radical (unpaired) electrons. The number of H-pyrrole nitrogens is 1. The predicted octanol–water partition coefficient (Wildman–Crippen LogP) is 1.72. The molecule has 6 heteroatoms. The molecule has 0 atom stereocenters. The Kier molecular flexibility index (Phi) is 4.29. The van der Waals surface area contributed by atoms with E-state index in [1.165, 1.54) is 12.8 Å². The van der Waals surface area contributed by atoms with Crippen LogP contribution in [0.2, 0.25) is 0 Å². The third kappa shape index (κ3) is 2.94. The summed E-state index contributed by atoms with van der Waals surface area (Å²) in [7, 11) is 0. The fraction of sp³-hybridized carbons (Fsp3) is 0.722. The van der Waals surface area contributed by atoms with Crippen LogP contribution in [0.15, 0.2) is 6.20 Å². The third-order valence-corrected chi connectivity index (χ3v) is 5.97. The van der Waals surface area contributed by atoms with E-state index in [4.69, 9.17) is 0 Å². The van der Waals surface area contributed by atoms with E-state index in [2.05, 4.69) is 10.2 Å². The zero-order valence-corrected chi connectivity index (χ0v) is 14.2. The quantitative estimate of drug-likeness (QED) is 0.898. The topological polar surface area (TPSA) is 69.3 Å². The molecule has 24 heavy (non-hydrogen) atoms. The molecule has 130 valence electrons. The number of rotatable bonds is 2. The number of nitrogens with one attached hydrogen (secondary N) is 1. The molecule has 3 heterocycles. The van der Waals surface area contributed by atoms with Crippen LogP contribution in [0, 0.1) is 11.8 Å². The summed E-state index contributed by atoms with van der Waals surface area (Å²) in [6.07, 6.45) is 8.81. The number of hydrogen-bond acceptors (Lipinski definition) is 3. The number of carbonyl (C=O) groups excluding carboxylic acids is 2. The van der Waals surface area contributed by atoms with Crippen molar-refractivity contribution >= 4 is 11.8 Å². The average molecular weight is 330 g/mol.